The fourth-order valence-electron chi connectivity index (χ4n) is 5.70. The largest absolute Gasteiger partial charge is 0.497 e. The topological polar surface area (TPSA) is 24.5 Å². The van der Waals surface area contributed by atoms with Gasteiger partial charge in [-0.2, -0.15) is 0 Å². The van der Waals surface area contributed by atoms with Gasteiger partial charge in [0, 0.05) is 24.5 Å². The van der Waals surface area contributed by atoms with E-state index in [-0.39, 0.29) is 0 Å². The van der Waals surface area contributed by atoms with Crippen LogP contribution in [0.15, 0.2) is 84.9 Å². The summed E-state index contributed by atoms with van der Waals surface area (Å²) in [6, 6.07) is 31.4. The molecule has 3 aromatic carbocycles. The van der Waals surface area contributed by atoms with E-state index in [1.165, 1.54) is 42.6 Å². The van der Waals surface area contributed by atoms with E-state index in [1.807, 2.05) is 6.07 Å². The molecule has 3 aromatic rings. The van der Waals surface area contributed by atoms with Gasteiger partial charge in [0.15, 0.2) is 0 Å². The van der Waals surface area contributed by atoms with E-state index in [0.717, 1.165) is 18.2 Å². The van der Waals surface area contributed by atoms with Crippen LogP contribution in [0.1, 0.15) is 35.4 Å². The molecule has 3 aliphatic rings. The van der Waals surface area contributed by atoms with Crippen molar-refractivity contribution >= 4 is 0 Å². The van der Waals surface area contributed by atoms with Gasteiger partial charge in [-0.25, -0.2) is 0 Å². The second-order valence-electron chi connectivity index (χ2n) is 8.92. The zero-order chi connectivity index (χ0) is 21.0. The lowest BCUT2D eigenvalue weighted by atomic mass is 9.70. The van der Waals surface area contributed by atoms with Gasteiger partial charge < -0.3 is 10.1 Å². The number of piperidine rings is 3. The first-order valence-electron chi connectivity index (χ1n) is 11.5. The Morgan fingerprint density at radius 2 is 1.55 bits per heavy atom. The van der Waals surface area contributed by atoms with Crippen LogP contribution >= 0.6 is 0 Å². The average Bonchev–Trinajstić information content (AvgIpc) is 2.85. The lowest BCUT2D eigenvalue weighted by Crippen LogP contribution is -2.64. The summed E-state index contributed by atoms with van der Waals surface area (Å²) >= 11 is 0. The van der Waals surface area contributed by atoms with Gasteiger partial charge in [-0.3, -0.25) is 4.90 Å². The highest BCUT2D eigenvalue weighted by Gasteiger charge is 2.46. The summed E-state index contributed by atoms with van der Waals surface area (Å²) in [6.07, 6.45) is 2.59. The quantitative estimate of drug-likeness (QED) is 0.586. The van der Waals surface area contributed by atoms with E-state index < -0.39 is 0 Å². The summed E-state index contributed by atoms with van der Waals surface area (Å²) in [5, 5.41) is 4.00. The maximum absolute atomic E-state index is 5.59. The van der Waals surface area contributed by atoms with Gasteiger partial charge in [0.05, 0.1) is 7.11 Å². The third kappa shape index (κ3) is 4.26. The molecule has 0 aliphatic carbocycles. The molecule has 31 heavy (non-hydrogen) atoms. The lowest BCUT2D eigenvalue weighted by molar-refractivity contribution is 0.00466. The van der Waals surface area contributed by atoms with Crippen molar-refractivity contribution in [2.75, 3.05) is 20.2 Å². The second kappa shape index (κ2) is 9.25. The Balaban J connectivity index is 1.52. The van der Waals surface area contributed by atoms with Crippen molar-refractivity contribution in [3.05, 3.63) is 102 Å². The summed E-state index contributed by atoms with van der Waals surface area (Å²) < 4.78 is 5.59. The first kappa shape index (κ1) is 20.3. The van der Waals surface area contributed by atoms with Crippen LogP contribution in [0.2, 0.25) is 0 Å². The first-order valence-corrected chi connectivity index (χ1v) is 11.5. The molecule has 3 aliphatic heterocycles. The van der Waals surface area contributed by atoms with Gasteiger partial charge in [0.2, 0.25) is 0 Å². The zero-order valence-electron chi connectivity index (χ0n) is 18.3. The minimum atomic E-state index is 0.313. The Hall–Kier alpha value is -2.62. The van der Waals surface area contributed by atoms with E-state index in [2.05, 4.69) is 89.1 Å². The third-order valence-corrected chi connectivity index (χ3v) is 7.21. The predicted octanol–water partition coefficient (Wildman–Crippen LogP) is 5.08. The van der Waals surface area contributed by atoms with Gasteiger partial charge in [-0.05, 0) is 60.7 Å². The molecule has 1 unspecified atom stereocenters. The molecular weight excluding hydrogens is 380 g/mol. The molecule has 3 heteroatoms. The van der Waals surface area contributed by atoms with Crippen molar-refractivity contribution in [1.82, 2.24) is 10.2 Å². The molecule has 0 radical (unpaired) electrons. The second-order valence-corrected chi connectivity index (χ2v) is 8.92. The zero-order valence-corrected chi connectivity index (χ0v) is 18.3. The minimum Gasteiger partial charge on any atom is -0.497 e. The maximum atomic E-state index is 5.59. The fraction of sp³-hybridized carbons (Fsp3) is 0.357. The molecule has 3 fully saturated rings. The first-order chi connectivity index (χ1) is 15.3. The van der Waals surface area contributed by atoms with E-state index in [4.69, 9.17) is 4.74 Å². The molecular formula is C28H32N2O. The molecule has 3 atom stereocenters. The van der Waals surface area contributed by atoms with Crippen LogP contribution < -0.4 is 10.1 Å². The highest BCUT2D eigenvalue weighted by molar-refractivity contribution is 5.40. The van der Waals surface area contributed by atoms with Crippen molar-refractivity contribution in [1.29, 1.82) is 0 Å². The van der Waals surface area contributed by atoms with Gasteiger partial charge in [-0.15, -0.1) is 0 Å². The van der Waals surface area contributed by atoms with Crippen LogP contribution in [-0.4, -0.2) is 37.2 Å². The highest BCUT2D eigenvalue weighted by Crippen LogP contribution is 2.42. The van der Waals surface area contributed by atoms with Crippen LogP contribution in [0.3, 0.4) is 0 Å². The minimum absolute atomic E-state index is 0.313. The molecule has 6 rings (SSSR count). The van der Waals surface area contributed by atoms with Crippen molar-refractivity contribution < 1.29 is 4.74 Å². The number of ether oxygens (including phenoxy) is 1. The number of rotatable bonds is 7. The van der Waals surface area contributed by atoms with E-state index in [1.54, 1.807) is 7.11 Å². The third-order valence-electron chi connectivity index (χ3n) is 7.21. The summed E-state index contributed by atoms with van der Waals surface area (Å²) in [6.45, 7) is 3.32. The molecule has 2 bridgehead atoms. The number of nitrogens with one attached hydrogen (secondary N) is 1. The number of methoxy groups -OCH3 is 1. The van der Waals surface area contributed by atoms with Gasteiger partial charge >= 0.3 is 0 Å². The van der Waals surface area contributed by atoms with Gasteiger partial charge in [0.1, 0.15) is 5.75 Å². The lowest BCUT2D eigenvalue weighted by Gasteiger charge is -2.54. The summed E-state index contributed by atoms with van der Waals surface area (Å²) in [7, 11) is 1.76. The number of hydrogen-bond donors (Lipinski definition) is 1. The SMILES string of the molecule is COc1cccc(C(c2ccccc2)[C@H]2[C@H](NCc3ccccc3)C3CCN2CC3)c1. The molecule has 3 nitrogen and oxygen atoms in total. The van der Waals surface area contributed by atoms with Crippen LogP contribution in [0.25, 0.3) is 0 Å². The monoisotopic (exact) mass is 412 g/mol. The maximum Gasteiger partial charge on any atom is 0.119 e. The van der Waals surface area contributed by atoms with Crippen molar-refractivity contribution in [2.24, 2.45) is 5.92 Å². The Morgan fingerprint density at radius 3 is 2.26 bits per heavy atom. The molecule has 1 N–H and O–H groups in total. The van der Waals surface area contributed by atoms with Crippen molar-refractivity contribution in [2.45, 2.75) is 37.4 Å². The van der Waals surface area contributed by atoms with E-state index in [9.17, 15) is 0 Å². The molecule has 160 valence electrons. The number of fused-ring (bicyclic) bond motifs is 3. The smallest absolute Gasteiger partial charge is 0.119 e. The van der Waals surface area contributed by atoms with E-state index >= 15 is 0 Å². The normalized spacial score (nSPS) is 25.8. The fourth-order valence-corrected chi connectivity index (χ4v) is 5.70. The average molecular weight is 413 g/mol. The van der Waals surface area contributed by atoms with Crippen LogP contribution in [0, 0.1) is 5.92 Å². The van der Waals surface area contributed by atoms with Crippen LogP contribution in [-0.2, 0) is 6.54 Å². The molecule has 3 saturated heterocycles. The summed E-state index contributed by atoms with van der Waals surface area (Å²) in [4.78, 5) is 2.74. The Bertz CT molecular complexity index is 967. The number of benzene rings is 3. The molecule has 0 spiro atoms. The van der Waals surface area contributed by atoms with Crippen LogP contribution in [0.5, 0.6) is 5.75 Å². The Labute approximate surface area is 186 Å². The van der Waals surface area contributed by atoms with Gasteiger partial charge in [0.25, 0.3) is 0 Å². The molecule has 0 aromatic heterocycles. The summed E-state index contributed by atoms with van der Waals surface area (Å²) in [5.41, 5.74) is 4.09. The Kier molecular flexibility index (Phi) is 6.06. The van der Waals surface area contributed by atoms with Gasteiger partial charge in [-0.1, -0.05) is 72.8 Å². The Morgan fingerprint density at radius 1 is 0.871 bits per heavy atom. The highest BCUT2D eigenvalue weighted by atomic mass is 16.5. The molecule has 3 heterocycles. The number of hydrogen-bond acceptors (Lipinski definition) is 3. The molecule has 0 saturated carbocycles. The van der Waals surface area contributed by atoms with Crippen LogP contribution in [0.4, 0.5) is 0 Å². The predicted molar refractivity (Wildman–Crippen MR) is 126 cm³/mol. The molecule has 0 amide bonds. The standard InChI is InChI=1S/C28H32N2O/c1-31-25-14-8-13-24(19-25)26(22-11-6-3-7-12-22)28-27(23-15-17-30(28)18-16-23)29-20-21-9-4-2-5-10-21/h2-14,19,23,26-29H,15-18,20H2,1H3/t26?,27-,28+/m1/s1. The van der Waals surface area contributed by atoms with E-state index in [0.29, 0.717) is 18.0 Å². The number of nitrogens with zero attached hydrogens (tertiary/aromatic N) is 1. The van der Waals surface area contributed by atoms with Crippen molar-refractivity contribution in [3.63, 3.8) is 0 Å². The summed E-state index contributed by atoms with van der Waals surface area (Å²) in [5.74, 6) is 1.98. The van der Waals surface area contributed by atoms with Crippen molar-refractivity contribution in [3.8, 4) is 5.75 Å².